The van der Waals surface area contributed by atoms with Crippen molar-refractivity contribution < 1.29 is 14.3 Å². The number of hydrogen-bond donors (Lipinski definition) is 1. The molecule has 0 radical (unpaired) electrons. The van der Waals surface area contributed by atoms with E-state index >= 15 is 0 Å². The molecule has 1 saturated heterocycles. The highest BCUT2D eigenvalue weighted by Crippen LogP contribution is 2.22. The van der Waals surface area contributed by atoms with Crippen molar-refractivity contribution >= 4 is 11.8 Å². The van der Waals surface area contributed by atoms with Gasteiger partial charge in [0.05, 0.1) is 6.61 Å². The summed E-state index contributed by atoms with van der Waals surface area (Å²) in [5, 5.41) is 3.00. The second-order valence-electron chi connectivity index (χ2n) is 7.21. The molecule has 0 spiro atoms. The van der Waals surface area contributed by atoms with Crippen LogP contribution in [0.1, 0.15) is 57.3 Å². The van der Waals surface area contributed by atoms with Crippen molar-refractivity contribution in [2.75, 3.05) is 13.2 Å². The Hall–Kier alpha value is -2.04. The minimum absolute atomic E-state index is 0.0681. The number of piperidine rings is 1. The summed E-state index contributed by atoms with van der Waals surface area (Å²) in [6.07, 6.45) is 2.61. The van der Waals surface area contributed by atoms with Gasteiger partial charge in [-0.25, -0.2) is 0 Å². The van der Waals surface area contributed by atoms with Gasteiger partial charge in [-0.1, -0.05) is 0 Å². The molecule has 2 amide bonds. The third-order valence-corrected chi connectivity index (χ3v) is 3.98. The lowest BCUT2D eigenvalue weighted by atomic mass is 9.98. The van der Waals surface area contributed by atoms with E-state index in [-0.39, 0.29) is 17.4 Å². The molecule has 0 aliphatic carbocycles. The molecule has 0 bridgehead atoms. The van der Waals surface area contributed by atoms with Gasteiger partial charge in [0.25, 0.3) is 5.91 Å². The molecule has 1 aromatic rings. The van der Waals surface area contributed by atoms with Gasteiger partial charge in [0, 0.05) is 17.6 Å². The quantitative estimate of drug-likeness (QED) is 0.922. The van der Waals surface area contributed by atoms with Crippen LogP contribution in [0.3, 0.4) is 0 Å². The Morgan fingerprint density at radius 2 is 1.88 bits per heavy atom. The van der Waals surface area contributed by atoms with Crippen LogP contribution in [0, 0.1) is 0 Å². The van der Waals surface area contributed by atoms with Gasteiger partial charge in [-0.2, -0.15) is 0 Å². The van der Waals surface area contributed by atoms with Crippen molar-refractivity contribution in [2.24, 2.45) is 0 Å². The SMILES string of the molecule is CCOc1ccc(C(=O)N2CCCCC2C(=O)NC(C)(C)C)cc1. The zero-order chi connectivity index (χ0) is 17.7. The molecule has 2 rings (SSSR count). The summed E-state index contributed by atoms with van der Waals surface area (Å²) >= 11 is 0. The lowest BCUT2D eigenvalue weighted by Gasteiger charge is -2.36. The van der Waals surface area contributed by atoms with E-state index in [2.05, 4.69) is 5.32 Å². The summed E-state index contributed by atoms with van der Waals surface area (Å²) in [6.45, 7) is 8.99. The van der Waals surface area contributed by atoms with Crippen LogP contribution in [0.25, 0.3) is 0 Å². The lowest BCUT2D eigenvalue weighted by molar-refractivity contribution is -0.128. The van der Waals surface area contributed by atoms with Crippen molar-refractivity contribution in [2.45, 2.75) is 58.5 Å². The van der Waals surface area contributed by atoms with Crippen LogP contribution in [0.2, 0.25) is 0 Å². The maximum Gasteiger partial charge on any atom is 0.254 e. The first kappa shape index (κ1) is 18.3. The highest BCUT2D eigenvalue weighted by molar-refractivity contribution is 5.97. The number of rotatable bonds is 4. The molecule has 1 aliphatic rings. The third-order valence-electron chi connectivity index (χ3n) is 3.98. The number of carbonyl (C=O) groups excluding carboxylic acids is 2. The maximum atomic E-state index is 12.9. The van der Waals surface area contributed by atoms with Crippen molar-refractivity contribution in [1.29, 1.82) is 0 Å². The second-order valence-corrected chi connectivity index (χ2v) is 7.21. The predicted octanol–water partition coefficient (Wildman–Crippen LogP) is 2.99. The Bertz CT molecular complexity index is 575. The molecule has 1 heterocycles. The first-order valence-electron chi connectivity index (χ1n) is 8.67. The summed E-state index contributed by atoms with van der Waals surface area (Å²) in [4.78, 5) is 27.1. The van der Waals surface area contributed by atoms with E-state index in [9.17, 15) is 9.59 Å². The number of benzene rings is 1. The zero-order valence-electron chi connectivity index (χ0n) is 15.1. The predicted molar refractivity (Wildman–Crippen MR) is 94.2 cm³/mol. The van der Waals surface area contributed by atoms with Gasteiger partial charge < -0.3 is 15.0 Å². The molecule has 5 heteroatoms. The molecule has 1 atom stereocenters. The molecule has 132 valence electrons. The maximum absolute atomic E-state index is 12.9. The van der Waals surface area contributed by atoms with Crippen molar-refractivity contribution in [3.05, 3.63) is 29.8 Å². The molecular formula is C19H28N2O3. The van der Waals surface area contributed by atoms with E-state index < -0.39 is 6.04 Å². The van der Waals surface area contributed by atoms with Crippen LogP contribution in [-0.2, 0) is 4.79 Å². The lowest BCUT2D eigenvalue weighted by Crippen LogP contribution is -2.55. The fourth-order valence-corrected chi connectivity index (χ4v) is 2.93. The number of ether oxygens (including phenoxy) is 1. The number of nitrogens with one attached hydrogen (secondary N) is 1. The molecule has 24 heavy (non-hydrogen) atoms. The fourth-order valence-electron chi connectivity index (χ4n) is 2.93. The second kappa shape index (κ2) is 7.69. The number of carbonyl (C=O) groups is 2. The summed E-state index contributed by atoms with van der Waals surface area (Å²) in [7, 11) is 0. The number of amides is 2. The zero-order valence-corrected chi connectivity index (χ0v) is 15.1. The summed E-state index contributed by atoms with van der Waals surface area (Å²) in [6, 6.07) is 6.73. The average Bonchev–Trinajstić information content (AvgIpc) is 2.53. The van der Waals surface area contributed by atoms with Gasteiger partial charge in [-0.15, -0.1) is 0 Å². The highest BCUT2D eigenvalue weighted by atomic mass is 16.5. The van der Waals surface area contributed by atoms with Gasteiger partial charge in [0.2, 0.25) is 5.91 Å². The number of hydrogen-bond acceptors (Lipinski definition) is 3. The third kappa shape index (κ3) is 4.73. The molecule has 0 aromatic heterocycles. The normalized spacial score (nSPS) is 18.2. The minimum atomic E-state index is -0.392. The van der Waals surface area contributed by atoms with Gasteiger partial charge in [0.1, 0.15) is 11.8 Å². The highest BCUT2D eigenvalue weighted by Gasteiger charge is 2.33. The van der Waals surface area contributed by atoms with E-state index in [0.717, 1.165) is 18.6 Å². The standard InChI is InChI=1S/C19H28N2O3/c1-5-24-15-11-9-14(10-12-15)18(23)21-13-7-6-8-16(21)17(22)20-19(2,3)4/h9-12,16H,5-8,13H2,1-4H3,(H,20,22). The Morgan fingerprint density at radius 1 is 1.21 bits per heavy atom. The van der Waals surface area contributed by atoms with Crippen LogP contribution < -0.4 is 10.1 Å². The monoisotopic (exact) mass is 332 g/mol. The van der Waals surface area contributed by atoms with Gasteiger partial charge in [-0.05, 0) is 71.2 Å². The van der Waals surface area contributed by atoms with Crippen molar-refractivity contribution in [3.63, 3.8) is 0 Å². The van der Waals surface area contributed by atoms with Gasteiger partial charge >= 0.3 is 0 Å². The Balaban J connectivity index is 2.14. The first-order chi connectivity index (χ1) is 11.3. The van der Waals surface area contributed by atoms with Crippen LogP contribution in [-0.4, -0.2) is 41.4 Å². The summed E-state index contributed by atoms with van der Waals surface area (Å²) < 4.78 is 5.41. The van der Waals surface area contributed by atoms with E-state index in [1.165, 1.54) is 0 Å². The minimum Gasteiger partial charge on any atom is -0.494 e. The largest absolute Gasteiger partial charge is 0.494 e. The Morgan fingerprint density at radius 3 is 2.46 bits per heavy atom. The average molecular weight is 332 g/mol. The van der Waals surface area contributed by atoms with E-state index in [1.807, 2.05) is 27.7 Å². The topological polar surface area (TPSA) is 58.6 Å². The van der Waals surface area contributed by atoms with Crippen LogP contribution in [0.5, 0.6) is 5.75 Å². The molecular weight excluding hydrogens is 304 g/mol. The molecule has 1 fully saturated rings. The molecule has 1 unspecified atom stereocenters. The molecule has 1 aromatic carbocycles. The van der Waals surface area contributed by atoms with Crippen LogP contribution in [0.15, 0.2) is 24.3 Å². The van der Waals surface area contributed by atoms with Crippen LogP contribution >= 0.6 is 0 Å². The van der Waals surface area contributed by atoms with Gasteiger partial charge in [-0.3, -0.25) is 9.59 Å². The Labute approximate surface area is 144 Å². The molecule has 5 nitrogen and oxygen atoms in total. The Kier molecular flexibility index (Phi) is 5.86. The summed E-state index contributed by atoms with van der Waals surface area (Å²) in [5.41, 5.74) is 0.288. The molecule has 1 aliphatic heterocycles. The summed E-state index contributed by atoms with van der Waals surface area (Å²) in [5.74, 6) is 0.586. The van der Waals surface area contributed by atoms with Gasteiger partial charge in [0.15, 0.2) is 0 Å². The van der Waals surface area contributed by atoms with Crippen molar-refractivity contribution in [1.82, 2.24) is 10.2 Å². The molecule has 0 saturated carbocycles. The fraction of sp³-hybridized carbons (Fsp3) is 0.579. The van der Waals surface area contributed by atoms with Crippen LogP contribution in [0.4, 0.5) is 0 Å². The smallest absolute Gasteiger partial charge is 0.254 e. The van der Waals surface area contributed by atoms with E-state index in [0.29, 0.717) is 25.1 Å². The number of likely N-dealkylation sites (tertiary alicyclic amines) is 1. The van der Waals surface area contributed by atoms with E-state index in [1.54, 1.807) is 29.2 Å². The number of nitrogens with zero attached hydrogens (tertiary/aromatic N) is 1. The van der Waals surface area contributed by atoms with Crippen molar-refractivity contribution in [3.8, 4) is 5.75 Å². The van der Waals surface area contributed by atoms with E-state index in [4.69, 9.17) is 4.74 Å². The molecule has 1 N–H and O–H groups in total. The first-order valence-corrected chi connectivity index (χ1v) is 8.67.